The quantitative estimate of drug-likeness (QED) is 0.629. The molecule has 3 rings (SSSR count). The minimum absolute atomic E-state index is 0.0375. The van der Waals surface area contributed by atoms with Gasteiger partial charge in [-0.05, 0) is 24.6 Å². The summed E-state index contributed by atoms with van der Waals surface area (Å²) in [5.74, 6) is 0. The molecule has 110 valence electrons. The van der Waals surface area contributed by atoms with Crippen molar-refractivity contribution in [3.8, 4) is 0 Å². The molecule has 0 N–H and O–H groups in total. The van der Waals surface area contributed by atoms with Gasteiger partial charge in [0.05, 0.1) is 11.5 Å². The van der Waals surface area contributed by atoms with Crippen LogP contribution < -0.4 is 0 Å². The molecule has 21 heavy (non-hydrogen) atoms. The molecule has 1 heterocycles. The van der Waals surface area contributed by atoms with Crippen molar-refractivity contribution >= 4 is 10.1 Å². The molecule has 0 bridgehead atoms. The highest BCUT2D eigenvalue weighted by Crippen LogP contribution is 2.39. The van der Waals surface area contributed by atoms with Crippen LogP contribution in [0, 0.1) is 6.92 Å². The lowest BCUT2D eigenvalue weighted by Gasteiger charge is -2.04. The molecule has 4 nitrogen and oxygen atoms in total. The van der Waals surface area contributed by atoms with E-state index in [1.165, 1.54) is 0 Å². The van der Waals surface area contributed by atoms with Crippen molar-refractivity contribution < 1.29 is 17.3 Å². The maximum Gasteiger partial charge on any atom is 0.297 e. The second-order valence-electron chi connectivity index (χ2n) is 5.06. The summed E-state index contributed by atoms with van der Waals surface area (Å²) in [5, 5.41) is 0. The SMILES string of the molecule is Cc1ccc(S(=O)(=O)OCC2OC2c2ccccc2)cc1. The molecule has 0 amide bonds. The Hall–Kier alpha value is -1.69. The van der Waals surface area contributed by atoms with E-state index in [1.54, 1.807) is 24.3 Å². The van der Waals surface area contributed by atoms with Gasteiger partial charge in [0, 0.05) is 0 Å². The van der Waals surface area contributed by atoms with Crippen LogP contribution in [-0.4, -0.2) is 21.1 Å². The molecular weight excluding hydrogens is 288 g/mol. The smallest absolute Gasteiger partial charge is 0.297 e. The molecule has 0 radical (unpaired) electrons. The maximum absolute atomic E-state index is 12.0. The maximum atomic E-state index is 12.0. The Kier molecular flexibility index (Phi) is 3.80. The molecule has 0 spiro atoms. The van der Waals surface area contributed by atoms with Crippen molar-refractivity contribution in [2.75, 3.05) is 6.61 Å². The highest BCUT2D eigenvalue weighted by molar-refractivity contribution is 7.86. The number of ether oxygens (including phenoxy) is 1. The molecule has 5 heteroatoms. The molecule has 2 unspecified atom stereocenters. The summed E-state index contributed by atoms with van der Waals surface area (Å²) in [7, 11) is -3.72. The number of hydrogen-bond donors (Lipinski definition) is 0. The molecule has 1 saturated heterocycles. The predicted molar refractivity (Wildman–Crippen MR) is 78.4 cm³/mol. The lowest BCUT2D eigenvalue weighted by atomic mass is 10.1. The van der Waals surface area contributed by atoms with Gasteiger partial charge in [-0.1, -0.05) is 48.0 Å². The van der Waals surface area contributed by atoms with Crippen molar-refractivity contribution in [2.24, 2.45) is 0 Å². The van der Waals surface area contributed by atoms with Crippen LogP contribution in [0.2, 0.25) is 0 Å². The molecule has 0 saturated carbocycles. The van der Waals surface area contributed by atoms with E-state index in [0.717, 1.165) is 11.1 Å². The first-order valence-electron chi connectivity index (χ1n) is 6.73. The Balaban J connectivity index is 1.60. The summed E-state index contributed by atoms with van der Waals surface area (Å²) >= 11 is 0. The second kappa shape index (κ2) is 5.60. The summed E-state index contributed by atoms with van der Waals surface area (Å²) in [6.45, 7) is 1.94. The topological polar surface area (TPSA) is 55.9 Å². The number of rotatable bonds is 5. The van der Waals surface area contributed by atoms with Crippen LogP contribution in [0.3, 0.4) is 0 Å². The normalized spacial score (nSPS) is 21.2. The fraction of sp³-hybridized carbons (Fsp3) is 0.250. The Morgan fingerprint density at radius 3 is 2.38 bits per heavy atom. The molecule has 0 aliphatic carbocycles. The van der Waals surface area contributed by atoms with E-state index in [-0.39, 0.29) is 23.7 Å². The lowest BCUT2D eigenvalue weighted by Crippen LogP contribution is -2.11. The van der Waals surface area contributed by atoms with Gasteiger partial charge in [-0.25, -0.2) is 0 Å². The molecule has 1 aliphatic rings. The highest BCUT2D eigenvalue weighted by atomic mass is 32.2. The Morgan fingerprint density at radius 2 is 1.71 bits per heavy atom. The monoisotopic (exact) mass is 304 g/mol. The molecule has 2 atom stereocenters. The van der Waals surface area contributed by atoms with E-state index >= 15 is 0 Å². The van der Waals surface area contributed by atoms with Gasteiger partial charge in [-0.15, -0.1) is 0 Å². The van der Waals surface area contributed by atoms with E-state index in [4.69, 9.17) is 8.92 Å². The van der Waals surface area contributed by atoms with Gasteiger partial charge in [0.25, 0.3) is 10.1 Å². The van der Waals surface area contributed by atoms with E-state index < -0.39 is 10.1 Å². The van der Waals surface area contributed by atoms with Gasteiger partial charge < -0.3 is 4.74 Å². The Labute approximate surface area is 124 Å². The van der Waals surface area contributed by atoms with Gasteiger partial charge in [0.2, 0.25) is 0 Å². The Bertz CT molecular complexity index is 708. The van der Waals surface area contributed by atoms with Crippen LogP contribution in [-0.2, 0) is 19.0 Å². The third-order valence-electron chi connectivity index (χ3n) is 3.41. The van der Waals surface area contributed by atoms with Crippen molar-refractivity contribution in [1.82, 2.24) is 0 Å². The van der Waals surface area contributed by atoms with Gasteiger partial charge in [0.1, 0.15) is 12.2 Å². The zero-order chi connectivity index (χ0) is 14.9. The van der Waals surface area contributed by atoms with Gasteiger partial charge in [-0.2, -0.15) is 8.42 Å². The summed E-state index contributed by atoms with van der Waals surface area (Å²) in [5.41, 5.74) is 2.04. The van der Waals surface area contributed by atoms with E-state index in [1.807, 2.05) is 37.3 Å². The predicted octanol–water partition coefficient (Wildman–Crippen LogP) is 2.84. The third-order valence-corrected chi connectivity index (χ3v) is 4.70. The van der Waals surface area contributed by atoms with Crippen molar-refractivity contribution in [1.29, 1.82) is 0 Å². The van der Waals surface area contributed by atoms with Crippen molar-refractivity contribution in [3.63, 3.8) is 0 Å². The number of aryl methyl sites for hydroxylation is 1. The fourth-order valence-electron chi connectivity index (χ4n) is 2.14. The zero-order valence-electron chi connectivity index (χ0n) is 11.6. The number of epoxide rings is 1. The molecule has 1 fully saturated rings. The number of benzene rings is 2. The third kappa shape index (κ3) is 3.32. The standard InChI is InChI=1S/C16H16O4S/c1-12-7-9-14(10-8-12)21(17,18)19-11-15-16(20-15)13-5-3-2-4-6-13/h2-10,15-16H,11H2,1H3. The first kappa shape index (κ1) is 14.3. The molecule has 2 aromatic carbocycles. The first-order valence-corrected chi connectivity index (χ1v) is 8.13. The number of hydrogen-bond acceptors (Lipinski definition) is 4. The lowest BCUT2D eigenvalue weighted by molar-refractivity contribution is 0.264. The summed E-state index contributed by atoms with van der Waals surface area (Å²) in [6.07, 6.45) is -0.271. The van der Waals surface area contributed by atoms with Crippen LogP contribution in [0.5, 0.6) is 0 Å². The Morgan fingerprint density at radius 1 is 1.05 bits per heavy atom. The van der Waals surface area contributed by atoms with E-state index in [0.29, 0.717) is 0 Å². The minimum atomic E-state index is -3.72. The first-order chi connectivity index (χ1) is 10.1. The van der Waals surface area contributed by atoms with Gasteiger partial charge in [0.15, 0.2) is 0 Å². The molecule has 1 aliphatic heterocycles. The average molecular weight is 304 g/mol. The van der Waals surface area contributed by atoms with Gasteiger partial charge >= 0.3 is 0 Å². The summed E-state index contributed by atoms with van der Waals surface area (Å²) < 4.78 is 34.6. The van der Waals surface area contributed by atoms with Crippen LogP contribution in [0.4, 0.5) is 0 Å². The highest BCUT2D eigenvalue weighted by Gasteiger charge is 2.41. The van der Waals surface area contributed by atoms with Gasteiger partial charge in [-0.3, -0.25) is 4.18 Å². The summed E-state index contributed by atoms with van der Waals surface area (Å²) in [6, 6.07) is 16.3. The molecular formula is C16H16O4S. The molecule has 2 aromatic rings. The summed E-state index contributed by atoms with van der Waals surface area (Å²) in [4.78, 5) is 0.171. The van der Waals surface area contributed by atoms with Crippen molar-refractivity contribution in [2.45, 2.75) is 24.0 Å². The van der Waals surface area contributed by atoms with E-state index in [2.05, 4.69) is 0 Å². The largest absolute Gasteiger partial charge is 0.362 e. The van der Waals surface area contributed by atoms with Crippen LogP contribution in [0.25, 0.3) is 0 Å². The van der Waals surface area contributed by atoms with Crippen LogP contribution >= 0.6 is 0 Å². The fourth-order valence-corrected chi connectivity index (χ4v) is 3.05. The van der Waals surface area contributed by atoms with Crippen LogP contribution in [0.1, 0.15) is 17.2 Å². The molecule has 0 aromatic heterocycles. The van der Waals surface area contributed by atoms with E-state index in [9.17, 15) is 8.42 Å². The van der Waals surface area contributed by atoms with Crippen LogP contribution in [0.15, 0.2) is 59.5 Å². The minimum Gasteiger partial charge on any atom is -0.362 e. The average Bonchev–Trinajstić information content (AvgIpc) is 3.26. The van der Waals surface area contributed by atoms with Crippen molar-refractivity contribution in [3.05, 3.63) is 65.7 Å². The zero-order valence-corrected chi connectivity index (χ0v) is 12.4. The second-order valence-corrected chi connectivity index (χ2v) is 6.67.